The Bertz CT molecular complexity index is 260. The van der Waals surface area contributed by atoms with E-state index in [0.29, 0.717) is 5.89 Å². The Hall–Kier alpha value is -1.03. The predicted octanol–water partition coefficient (Wildman–Crippen LogP) is 2.23. The van der Waals surface area contributed by atoms with E-state index >= 15 is 0 Å². The number of esters is 1. The second-order valence-electron chi connectivity index (χ2n) is 1.75. The molecule has 0 saturated carbocycles. The molecule has 0 aromatic carbocycles. The molecule has 0 radical (unpaired) electrons. The molecule has 0 spiro atoms. The number of aromatic nitrogens is 1. The number of hydrogen-bond acceptors (Lipinski definition) is 4. The normalized spacial score (nSPS) is 8.62. The third-order valence-corrected chi connectivity index (χ3v) is 1.29. The van der Waals surface area contributed by atoms with Crippen LogP contribution in [0.1, 0.15) is 30.2 Å². The van der Waals surface area contributed by atoms with Gasteiger partial charge in [-0.3, -0.25) is 0 Å². The minimum atomic E-state index is -0.523. The molecule has 4 nitrogen and oxygen atoms in total. The third-order valence-electron chi connectivity index (χ3n) is 1.06. The summed E-state index contributed by atoms with van der Waals surface area (Å²) >= 11 is 5.38. The van der Waals surface area contributed by atoms with E-state index in [2.05, 4.69) is 9.72 Å². The molecule has 1 heterocycles. The summed E-state index contributed by atoms with van der Waals surface area (Å²) in [6.45, 7) is 4.00. The molecule has 0 aliphatic rings. The zero-order chi connectivity index (χ0) is 10.3. The maximum Gasteiger partial charge on any atom is 0.360 e. The fourth-order valence-electron chi connectivity index (χ4n) is 0.571. The largest absolute Gasteiger partial charge is 0.464 e. The first kappa shape index (κ1) is 12.0. The van der Waals surface area contributed by atoms with Gasteiger partial charge in [0.15, 0.2) is 5.69 Å². The number of nitrogens with zero attached hydrogens (tertiary/aromatic N) is 1. The van der Waals surface area contributed by atoms with Crippen LogP contribution in [-0.2, 0) is 10.6 Å². The summed E-state index contributed by atoms with van der Waals surface area (Å²) in [4.78, 5) is 14.5. The van der Waals surface area contributed by atoms with E-state index < -0.39 is 5.97 Å². The second-order valence-corrected chi connectivity index (χ2v) is 2.02. The van der Waals surface area contributed by atoms with Crippen LogP contribution >= 0.6 is 11.6 Å². The van der Waals surface area contributed by atoms with Crippen molar-refractivity contribution in [1.29, 1.82) is 0 Å². The van der Waals surface area contributed by atoms with E-state index in [-0.39, 0.29) is 11.6 Å². The molecule has 0 aliphatic carbocycles. The van der Waals surface area contributed by atoms with Crippen molar-refractivity contribution in [3.63, 3.8) is 0 Å². The van der Waals surface area contributed by atoms with Gasteiger partial charge in [0, 0.05) is 0 Å². The van der Waals surface area contributed by atoms with Crippen molar-refractivity contribution in [3.05, 3.63) is 17.8 Å². The number of carbonyl (C=O) groups excluding carboxylic acids is 1. The molecule has 0 saturated heterocycles. The van der Waals surface area contributed by atoms with Gasteiger partial charge in [0.05, 0.1) is 13.0 Å². The molecule has 0 fully saturated rings. The third kappa shape index (κ3) is 3.46. The highest BCUT2D eigenvalue weighted by Crippen LogP contribution is 2.05. The summed E-state index contributed by atoms with van der Waals surface area (Å²) in [6, 6.07) is 0. The highest BCUT2D eigenvalue weighted by Gasteiger charge is 2.10. The van der Waals surface area contributed by atoms with Crippen LogP contribution in [0.4, 0.5) is 0 Å². The fourth-order valence-corrected chi connectivity index (χ4v) is 0.693. The summed E-state index contributed by atoms with van der Waals surface area (Å²) in [5.41, 5.74) is 0.142. The Morgan fingerprint density at radius 2 is 2.31 bits per heavy atom. The monoisotopic (exact) mass is 205 g/mol. The lowest BCUT2D eigenvalue weighted by Gasteiger charge is -1.88. The van der Waals surface area contributed by atoms with Crippen LogP contribution in [0.3, 0.4) is 0 Å². The standard InChI is InChI=1S/C6H6ClNO3.C2H6/c1-10-6(9)4-3-11-5(2-7)8-4;1-2/h3H,2H2,1H3;1-2H3. The van der Waals surface area contributed by atoms with Crippen LogP contribution in [0, 0.1) is 0 Å². The zero-order valence-corrected chi connectivity index (χ0v) is 8.59. The quantitative estimate of drug-likeness (QED) is 0.549. The minimum Gasteiger partial charge on any atom is -0.464 e. The van der Waals surface area contributed by atoms with Gasteiger partial charge in [-0.25, -0.2) is 9.78 Å². The summed E-state index contributed by atoms with van der Waals surface area (Å²) in [5, 5.41) is 0. The fraction of sp³-hybridized carbons (Fsp3) is 0.500. The van der Waals surface area contributed by atoms with Crippen molar-refractivity contribution in [2.24, 2.45) is 0 Å². The Labute approximate surface area is 81.9 Å². The molecule has 0 unspecified atom stereocenters. The second kappa shape index (κ2) is 6.48. The van der Waals surface area contributed by atoms with Crippen LogP contribution in [0.25, 0.3) is 0 Å². The number of halogens is 1. The smallest absolute Gasteiger partial charge is 0.360 e. The van der Waals surface area contributed by atoms with Crippen LogP contribution < -0.4 is 0 Å². The zero-order valence-electron chi connectivity index (χ0n) is 7.83. The lowest BCUT2D eigenvalue weighted by Crippen LogP contribution is -2.01. The van der Waals surface area contributed by atoms with Gasteiger partial charge in [0.1, 0.15) is 6.26 Å². The Morgan fingerprint density at radius 3 is 2.69 bits per heavy atom. The van der Waals surface area contributed by atoms with Gasteiger partial charge < -0.3 is 9.15 Å². The summed E-state index contributed by atoms with van der Waals surface area (Å²) in [6.07, 6.45) is 1.21. The minimum absolute atomic E-state index is 0.142. The van der Waals surface area contributed by atoms with Gasteiger partial charge in [0.25, 0.3) is 0 Å². The molecule has 0 N–H and O–H groups in total. The van der Waals surface area contributed by atoms with Crippen molar-refractivity contribution >= 4 is 17.6 Å². The van der Waals surface area contributed by atoms with Gasteiger partial charge in [-0.05, 0) is 0 Å². The van der Waals surface area contributed by atoms with Crippen LogP contribution in [0.15, 0.2) is 10.7 Å². The highest BCUT2D eigenvalue weighted by atomic mass is 35.5. The van der Waals surface area contributed by atoms with Crippen molar-refractivity contribution < 1.29 is 13.9 Å². The number of hydrogen-bond donors (Lipinski definition) is 0. The van der Waals surface area contributed by atoms with E-state index in [0.717, 1.165) is 0 Å². The Balaban J connectivity index is 0.000000671. The molecule has 74 valence electrons. The lowest BCUT2D eigenvalue weighted by atomic mass is 10.5. The number of rotatable bonds is 2. The van der Waals surface area contributed by atoms with E-state index in [1.807, 2.05) is 13.8 Å². The number of carbonyl (C=O) groups is 1. The van der Waals surface area contributed by atoms with Gasteiger partial charge >= 0.3 is 5.97 Å². The van der Waals surface area contributed by atoms with E-state index in [1.54, 1.807) is 0 Å². The van der Waals surface area contributed by atoms with Gasteiger partial charge in [0.2, 0.25) is 5.89 Å². The van der Waals surface area contributed by atoms with Gasteiger partial charge in [-0.15, -0.1) is 11.6 Å². The molecular formula is C8H12ClNO3. The Morgan fingerprint density at radius 1 is 1.69 bits per heavy atom. The first-order chi connectivity index (χ1) is 6.27. The maximum atomic E-state index is 10.8. The molecule has 1 aromatic rings. The number of oxazole rings is 1. The molecule has 1 aromatic heterocycles. The Kier molecular flexibility index (Phi) is 5.97. The van der Waals surface area contributed by atoms with Crippen molar-refractivity contribution in [3.8, 4) is 0 Å². The maximum absolute atomic E-state index is 10.8. The average Bonchev–Trinajstić information content (AvgIpc) is 2.68. The highest BCUT2D eigenvalue weighted by molar-refractivity contribution is 6.16. The first-order valence-corrected chi connectivity index (χ1v) is 4.40. The molecule has 0 aliphatic heterocycles. The molecular weight excluding hydrogens is 194 g/mol. The average molecular weight is 206 g/mol. The molecule has 5 heteroatoms. The topological polar surface area (TPSA) is 52.3 Å². The van der Waals surface area contributed by atoms with Crippen molar-refractivity contribution in [1.82, 2.24) is 4.98 Å². The van der Waals surface area contributed by atoms with Crippen LogP contribution in [-0.4, -0.2) is 18.1 Å². The van der Waals surface area contributed by atoms with Gasteiger partial charge in [-0.2, -0.15) is 0 Å². The van der Waals surface area contributed by atoms with Crippen molar-refractivity contribution in [2.45, 2.75) is 19.7 Å². The number of ether oxygens (including phenoxy) is 1. The number of methoxy groups -OCH3 is 1. The molecule has 0 atom stereocenters. The summed E-state index contributed by atoms with van der Waals surface area (Å²) in [7, 11) is 1.28. The number of alkyl halides is 1. The van der Waals surface area contributed by atoms with E-state index in [9.17, 15) is 4.79 Å². The van der Waals surface area contributed by atoms with E-state index in [1.165, 1.54) is 13.4 Å². The molecule has 13 heavy (non-hydrogen) atoms. The first-order valence-electron chi connectivity index (χ1n) is 3.86. The van der Waals surface area contributed by atoms with Crippen LogP contribution in [0.5, 0.6) is 0 Å². The summed E-state index contributed by atoms with van der Waals surface area (Å²) in [5.74, 6) is -0.0611. The lowest BCUT2D eigenvalue weighted by molar-refractivity contribution is 0.0594. The van der Waals surface area contributed by atoms with Crippen LogP contribution in [0.2, 0.25) is 0 Å². The van der Waals surface area contributed by atoms with E-state index in [4.69, 9.17) is 16.0 Å². The molecule has 1 rings (SSSR count). The van der Waals surface area contributed by atoms with Crippen molar-refractivity contribution in [2.75, 3.05) is 7.11 Å². The molecule has 0 bridgehead atoms. The SMILES string of the molecule is CC.COC(=O)c1coc(CCl)n1. The molecule has 0 amide bonds. The predicted molar refractivity (Wildman–Crippen MR) is 48.7 cm³/mol. The summed E-state index contributed by atoms with van der Waals surface area (Å²) < 4.78 is 9.18. The van der Waals surface area contributed by atoms with Gasteiger partial charge in [-0.1, -0.05) is 13.8 Å².